The molecule has 0 saturated heterocycles. The monoisotopic (exact) mass is 353 g/mol. The molecule has 0 atom stereocenters. The summed E-state index contributed by atoms with van der Waals surface area (Å²) in [6.07, 6.45) is 5.29. The number of aromatic nitrogens is 1. The summed E-state index contributed by atoms with van der Waals surface area (Å²) in [5.74, 6) is 0.415. The van der Waals surface area contributed by atoms with Crippen molar-refractivity contribution < 1.29 is 14.3 Å². The van der Waals surface area contributed by atoms with Crippen molar-refractivity contribution in [1.29, 1.82) is 0 Å². The molecule has 2 aromatic rings. The van der Waals surface area contributed by atoms with Gasteiger partial charge in [0.2, 0.25) is 11.8 Å². The van der Waals surface area contributed by atoms with Crippen molar-refractivity contribution >= 4 is 11.8 Å². The molecule has 2 N–H and O–H groups in total. The van der Waals surface area contributed by atoms with E-state index in [1.54, 1.807) is 19.5 Å². The molecule has 3 rings (SSSR count). The van der Waals surface area contributed by atoms with Gasteiger partial charge in [-0.2, -0.15) is 0 Å². The van der Waals surface area contributed by atoms with E-state index in [1.165, 1.54) is 0 Å². The van der Waals surface area contributed by atoms with Crippen LogP contribution in [0.25, 0.3) is 0 Å². The zero-order valence-electron chi connectivity index (χ0n) is 14.8. The van der Waals surface area contributed by atoms with Crippen LogP contribution in [0.4, 0.5) is 0 Å². The maximum Gasteiger partial charge on any atom is 0.235 e. The minimum absolute atomic E-state index is 0.185. The molecule has 0 unspecified atom stereocenters. The highest BCUT2D eigenvalue weighted by molar-refractivity contribution is 6.07. The minimum atomic E-state index is -0.901. The van der Waals surface area contributed by atoms with E-state index in [0.717, 1.165) is 16.9 Å². The van der Waals surface area contributed by atoms with E-state index in [-0.39, 0.29) is 11.8 Å². The van der Waals surface area contributed by atoms with Gasteiger partial charge in [0.25, 0.3) is 0 Å². The zero-order chi connectivity index (χ0) is 18.4. The van der Waals surface area contributed by atoms with Crippen LogP contribution in [0.5, 0.6) is 5.75 Å². The highest BCUT2D eigenvalue weighted by atomic mass is 16.5. The lowest BCUT2D eigenvalue weighted by Crippen LogP contribution is -2.43. The predicted molar refractivity (Wildman–Crippen MR) is 97.5 cm³/mol. The molecule has 2 amide bonds. The van der Waals surface area contributed by atoms with E-state index < -0.39 is 5.41 Å². The second kappa shape index (κ2) is 7.99. The van der Waals surface area contributed by atoms with Crippen LogP contribution in [0.2, 0.25) is 0 Å². The Balaban J connectivity index is 1.46. The topological polar surface area (TPSA) is 80.3 Å². The first kappa shape index (κ1) is 17.9. The molecule has 6 heteroatoms. The van der Waals surface area contributed by atoms with Crippen molar-refractivity contribution in [3.05, 3.63) is 59.9 Å². The number of nitrogens with zero attached hydrogens (tertiary/aromatic N) is 1. The van der Waals surface area contributed by atoms with Crippen molar-refractivity contribution in [2.75, 3.05) is 13.7 Å². The van der Waals surface area contributed by atoms with Crippen molar-refractivity contribution in [3.63, 3.8) is 0 Å². The fraction of sp³-hybridized carbons (Fsp3) is 0.350. The number of amides is 2. The summed E-state index contributed by atoms with van der Waals surface area (Å²) in [6, 6.07) is 11.4. The summed E-state index contributed by atoms with van der Waals surface area (Å²) in [7, 11) is 1.63. The molecular weight excluding hydrogens is 330 g/mol. The zero-order valence-corrected chi connectivity index (χ0v) is 14.8. The average molecular weight is 353 g/mol. The van der Waals surface area contributed by atoms with Gasteiger partial charge in [-0.25, -0.2) is 0 Å². The van der Waals surface area contributed by atoms with Gasteiger partial charge in [0, 0.05) is 25.5 Å². The van der Waals surface area contributed by atoms with E-state index in [4.69, 9.17) is 4.74 Å². The summed E-state index contributed by atoms with van der Waals surface area (Å²) in [6.45, 7) is 0.885. The van der Waals surface area contributed by atoms with Gasteiger partial charge in [0.05, 0.1) is 7.11 Å². The summed E-state index contributed by atoms with van der Waals surface area (Å²) < 4.78 is 5.13. The molecule has 1 fully saturated rings. The van der Waals surface area contributed by atoms with Gasteiger partial charge in [0.15, 0.2) is 0 Å². The number of hydrogen-bond acceptors (Lipinski definition) is 4. The third-order valence-corrected chi connectivity index (χ3v) is 4.65. The summed E-state index contributed by atoms with van der Waals surface area (Å²) in [5.41, 5.74) is 1.12. The lowest BCUT2D eigenvalue weighted by atomic mass is 10.0. The van der Waals surface area contributed by atoms with E-state index >= 15 is 0 Å². The fourth-order valence-corrected chi connectivity index (χ4v) is 2.82. The Bertz CT molecular complexity index is 756. The van der Waals surface area contributed by atoms with Gasteiger partial charge in [-0.1, -0.05) is 18.2 Å². The van der Waals surface area contributed by atoms with E-state index in [2.05, 4.69) is 15.6 Å². The Morgan fingerprint density at radius 2 is 1.81 bits per heavy atom. The number of rotatable bonds is 8. The SMILES string of the molecule is COc1ccc(CCNC(=O)C2(C(=O)NCc3cccnc3)CC2)cc1. The quantitative estimate of drug-likeness (QED) is 0.710. The van der Waals surface area contributed by atoms with Gasteiger partial charge < -0.3 is 15.4 Å². The lowest BCUT2D eigenvalue weighted by Gasteiger charge is -2.15. The van der Waals surface area contributed by atoms with Crippen LogP contribution >= 0.6 is 0 Å². The lowest BCUT2D eigenvalue weighted by molar-refractivity contribution is -0.137. The molecule has 0 radical (unpaired) electrons. The molecule has 1 aromatic heterocycles. The maximum atomic E-state index is 12.5. The number of methoxy groups -OCH3 is 1. The molecule has 1 aliphatic carbocycles. The van der Waals surface area contributed by atoms with Gasteiger partial charge in [-0.15, -0.1) is 0 Å². The molecule has 0 aliphatic heterocycles. The highest BCUT2D eigenvalue weighted by Crippen LogP contribution is 2.46. The Morgan fingerprint density at radius 3 is 2.42 bits per heavy atom. The molecule has 1 saturated carbocycles. The van der Waals surface area contributed by atoms with Gasteiger partial charge in [-0.05, 0) is 48.6 Å². The minimum Gasteiger partial charge on any atom is -0.497 e. The molecule has 1 heterocycles. The van der Waals surface area contributed by atoms with Crippen molar-refractivity contribution in [2.45, 2.75) is 25.8 Å². The van der Waals surface area contributed by atoms with E-state index in [9.17, 15) is 9.59 Å². The third-order valence-electron chi connectivity index (χ3n) is 4.65. The number of hydrogen-bond donors (Lipinski definition) is 2. The molecule has 1 aliphatic rings. The molecule has 136 valence electrons. The standard InChI is InChI=1S/C20H23N3O3/c1-26-17-6-4-15(5-7-17)8-12-22-18(24)20(9-10-20)19(25)23-14-16-3-2-11-21-13-16/h2-7,11,13H,8-10,12,14H2,1H3,(H,22,24)(H,23,25). The number of ether oxygens (including phenoxy) is 1. The van der Waals surface area contributed by atoms with Crippen LogP contribution in [-0.2, 0) is 22.6 Å². The first-order valence-corrected chi connectivity index (χ1v) is 8.72. The first-order chi connectivity index (χ1) is 12.6. The Morgan fingerprint density at radius 1 is 1.08 bits per heavy atom. The van der Waals surface area contributed by atoms with Crippen molar-refractivity contribution in [1.82, 2.24) is 15.6 Å². The largest absolute Gasteiger partial charge is 0.497 e. The second-order valence-electron chi connectivity index (χ2n) is 6.48. The summed E-state index contributed by atoms with van der Waals surface area (Å²) in [4.78, 5) is 28.9. The second-order valence-corrected chi connectivity index (χ2v) is 6.48. The number of carbonyl (C=O) groups excluding carboxylic acids is 2. The number of benzene rings is 1. The predicted octanol–water partition coefficient (Wildman–Crippen LogP) is 1.85. The third kappa shape index (κ3) is 4.20. The number of pyridine rings is 1. The fourth-order valence-electron chi connectivity index (χ4n) is 2.82. The average Bonchev–Trinajstić information content (AvgIpc) is 3.49. The smallest absolute Gasteiger partial charge is 0.235 e. The highest BCUT2D eigenvalue weighted by Gasteiger charge is 2.56. The van der Waals surface area contributed by atoms with Gasteiger partial charge >= 0.3 is 0 Å². The van der Waals surface area contributed by atoms with Crippen LogP contribution in [0.15, 0.2) is 48.8 Å². The van der Waals surface area contributed by atoms with Gasteiger partial charge in [0.1, 0.15) is 11.2 Å². The van der Waals surface area contributed by atoms with Crippen LogP contribution in [0, 0.1) is 5.41 Å². The molecular formula is C20H23N3O3. The molecule has 26 heavy (non-hydrogen) atoms. The van der Waals surface area contributed by atoms with Crippen LogP contribution < -0.4 is 15.4 Å². The normalized spacial score (nSPS) is 14.3. The Kier molecular flexibility index (Phi) is 5.51. The van der Waals surface area contributed by atoms with Crippen molar-refractivity contribution in [3.8, 4) is 5.75 Å². The molecule has 6 nitrogen and oxygen atoms in total. The van der Waals surface area contributed by atoms with Crippen LogP contribution in [-0.4, -0.2) is 30.5 Å². The molecule has 1 aromatic carbocycles. The van der Waals surface area contributed by atoms with E-state index in [1.807, 2.05) is 36.4 Å². The number of carbonyl (C=O) groups is 2. The number of nitrogens with one attached hydrogen (secondary N) is 2. The van der Waals surface area contributed by atoms with E-state index in [0.29, 0.717) is 32.4 Å². The Hall–Kier alpha value is -2.89. The molecule has 0 spiro atoms. The van der Waals surface area contributed by atoms with Crippen LogP contribution in [0.3, 0.4) is 0 Å². The first-order valence-electron chi connectivity index (χ1n) is 8.72. The van der Waals surface area contributed by atoms with Crippen LogP contribution in [0.1, 0.15) is 24.0 Å². The van der Waals surface area contributed by atoms with Crippen molar-refractivity contribution in [2.24, 2.45) is 5.41 Å². The Labute approximate surface area is 153 Å². The maximum absolute atomic E-state index is 12.5. The van der Waals surface area contributed by atoms with Gasteiger partial charge in [-0.3, -0.25) is 14.6 Å². The molecule has 0 bridgehead atoms. The summed E-state index contributed by atoms with van der Waals surface area (Å²) in [5, 5.41) is 5.75. The summed E-state index contributed by atoms with van der Waals surface area (Å²) >= 11 is 0.